The van der Waals surface area contributed by atoms with Crippen LogP contribution >= 0.6 is 22.6 Å². The number of carbonyl (C=O) groups excluding carboxylic acids is 1. The van der Waals surface area contributed by atoms with E-state index in [-0.39, 0.29) is 29.7 Å². The zero-order valence-electron chi connectivity index (χ0n) is 17.9. The van der Waals surface area contributed by atoms with E-state index in [9.17, 15) is 25.0 Å². The summed E-state index contributed by atoms with van der Waals surface area (Å²) >= 11 is 1.96. The van der Waals surface area contributed by atoms with Crippen molar-refractivity contribution in [1.29, 1.82) is 0 Å². The van der Waals surface area contributed by atoms with Crippen molar-refractivity contribution in [2.75, 3.05) is 40.0 Å². The van der Waals surface area contributed by atoms with E-state index >= 15 is 0 Å². The number of hydrogen-bond donors (Lipinski definition) is 1. The van der Waals surface area contributed by atoms with Gasteiger partial charge in [-0.15, -0.1) is 0 Å². The quantitative estimate of drug-likeness (QED) is 0.202. The van der Waals surface area contributed by atoms with Gasteiger partial charge in [0.25, 0.3) is 11.6 Å². The predicted molar refractivity (Wildman–Crippen MR) is 129 cm³/mol. The zero-order valence-corrected chi connectivity index (χ0v) is 20.1. The summed E-state index contributed by atoms with van der Waals surface area (Å²) in [5, 5.41) is 26.3. The van der Waals surface area contributed by atoms with E-state index in [2.05, 4.69) is 10.5 Å². The number of ether oxygens (including phenoxy) is 3. The van der Waals surface area contributed by atoms with Gasteiger partial charge in [-0.05, 0) is 46.4 Å². The van der Waals surface area contributed by atoms with Crippen LogP contribution in [-0.2, 0) is 9.53 Å². The number of nitrogens with zero attached hydrogens (tertiary/aromatic N) is 4. The van der Waals surface area contributed by atoms with Crippen molar-refractivity contribution < 1.29 is 28.9 Å². The van der Waals surface area contributed by atoms with Gasteiger partial charge in [-0.25, -0.2) is 5.43 Å². The Morgan fingerprint density at radius 2 is 1.94 bits per heavy atom. The van der Waals surface area contributed by atoms with Crippen molar-refractivity contribution in [3.63, 3.8) is 0 Å². The van der Waals surface area contributed by atoms with Gasteiger partial charge in [-0.2, -0.15) is 5.10 Å². The molecule has 180 valence electrons. The van der Waals surface area contributed by atoms with Crippen molar-refractivity contribution in [3.8, 4) is 17.2 Å². The number of nitro benzene ring substituents is 2. The molecule has 0 unspecified atom stereocenters. The molecule has 3 rings (SSSR count). The molecule has 0 atom stereocenters. The first-order valence-electron chi connectivity index (χ1n) is 9.88. The number of nitro groups is 2. The summed E-state index contributed by atoms with van der Waals surface area (Å²) in [5.74, 6) is 0.00283. The van der Waals surface area contributed by atoms with Gasteiger partial charge in [-0.1, -0.05) is 0 Å². The second kappa shape index (κ2) is 11.7. The number of non-ortho nitro benzene ring substituents is 1. The van der Waals surface area contributed by atoms with Crippen LogP contribution in [0.15, 0.2) is 35.4 Å². The third kappa shape index (κ3) is 6.58. The van der Waals surface area contributed by atoms with E-state index in [0.717, 1.165) is 18.2 Å². The highest BCUT2D eigenvalue weighted by atomic mass is 127. The van der Waals surface area contributed by atoms with Crippen LogP contribution in [0, 0.1) is 23.8 Å². The number of hydrazone groups is 1. The van der Waals surface area contributed by atoms with Crippen LogP contribution in [0.25, 0.3) is 0 Å². The Kier molecular flexibility index (Phi) is 8.67. The number of morpholine rings is 1. The molecule has 14 heteroatoms. The smallest absolute Gasteiger partial charge is 0.318 e. The molecule has 0 aliphatic carbocycles. The maximum Gasteiger partial charge on any atom is 0.318 e. The highest BCUT2D eigenvalue weighted by Crippen LogP contribution is 2.41. The number of methoxy groups -OCH3 is 1. The zero-order chi connectivity index (χ0) is 24.7. The summed E-state index contributed by atoms with van der Waals surface area (Å²) in [6.45, 7) is 2.75. The Morgan fingerprint density at radius 1 is 1.21 bits per heavy atom. The van der Waals surface area contributed by atoms with Gasteiger partial charge in [0.2, 0.25) is 5.75 Å². The average Bonchev–Trinajstić information content (AvgIpc) is 2.81. The van der Waals surface area contributed by atoms with Gasteiger partial charge in [0, 0.05) is 19.2 Å². The molecule has 1 aliphatic heterocycles. The van der Waals surface area contributed by atoms with Gasteiger partial charge >= 0.3 is 5.69 Å². The molecule has 2 aromatic rings. The Bertz CT molecular complexity index is 1120. The first-order chi connectivity index (χ1) is 16.3. The van der Waals surface area contributed by atoms with E-state index in [1.807, 2.05) is 27.5 Å². The van der Waals surface area contributed by atoms with E-state index in [4.69, 9.17) is 14.2 Å². The summed E-state index contributed by atoms with van der Waals surface area (Å²) < 4.78 is 16.8. The van der Waals surface area contributed by atoms with Crippen molar-refractivity contribution >= 4 is 46.1 Å². The number of benzene rings is 2. The normalized spacial score (nSPS) is 14.1. The lowest BCUT2D eigenvalue weighted by Crippen LogP contribution is -2.42. The minimum atomic E-state index is -0.762. The Balaban J connectivity index is 1.75. The minimum Gasteiger partial charge on any atom is -0.493 e. The first kappa shape index (κ1) is 25.3. The van der Waals surface area contributed by atoms with Crippen LogP contribution in [0.4, 0.5) is 11.4 Å². The van der Waals surface area contributed by atoms with Crippen LogP contribution in [0.5, 0.6) is 17.2 Å². The molecule has 1 N–H and O–H groups in total. The van der Waals surface area contributed by atoms with Gasteiger partial charge in [0.15, 0.2) is 11.5 Å². The van der Waals surface area contributed by atoms with E-state index in [1.165, 1.54) is 13.3 Å². The number of halogens is 1. The van der Waals surface area contributed by atoms with E-state index < -0.39 is 21.2 Å². The van der Waals surface area contributed by atoms with Gasteiger partial charge in [-0.3, -0.25) is 29.9 Å². The minimum absolute atomic E-state index is 0.177. The lowest BCUT2D eigenvalue weighted by Gasteiger charge is -2.25. The fourth-order valence-electron chi connectivity index (χ4n) is 3.05. The summed E-state index contributed by atoms with van der Waals surface area (Å²) in [6, 6.07) is 6.35. The summed E-state index contributed by atoms with van der Waals surface area (Å²) in [5.41, 5.74) is 2.07. The van der Waals surface area contributed by atoms with Crippen LogP contribution in [0.3, 0.4) is 0 Å². The Labute approximate surface area is 207 Å². The number of nitrogens with one attached hydrogen (secondary N) is 1. The Morgan fingerprint density at radius 3 is 2.59 bits per heavy atom. The fourth-order valence-corrected chi connectivity index (χ4v) is 3.78. The molecule has 0 saturated carbocycles. The lowest BCUT2D eigenvalue weighted by molar-refractivity contribution is -0.394. The molecule has 0 radical (unpaired) electrons. The molecular weight excluding hydrogens is 565 g/mol. The second-order valence-corrected chi connectivity index (χ2v) is 8.15. The highest BCUT2D eigenvalue weighted by molar-refractivity contribution is 14.1. The third-order valence-corrected chi connectivity index (χ3v) is 5.49. The predicted octanol–water partition coefficient (Wildman–Crippen LogP) is 2.69. The number of amides is 1. The average molecular weight is 585 g/mol. The summed E-state index contributed by atoms with van der Waals surface area (Å²) in [6.07, 6.45) is 1.43. The largest absolute Gasteiger partial charge is 0.493 e. The molecule has 0 aromatic heterocycles. The molecule has 2 aromatic carbocycles. The van der Waals surface area contributed by atoms with Gasteiger partial charge in [0.05, 0.1) is 52.6 Å². The van der Waals surface area contributed by atoms with Crippen molar-refractivity contribution in [1.82, 2.24) is 10.3 Å². The van der Waals surface area contributed by atoms with Crippen molar-refractivity contribution in [2.24, 2.45) is 5.10 Å². The summed E-state index contributed by atoms with van der Waals surface area (Å²) in [4.78, 5) is 34.9. The molecule has 0 bridgehead atoms. The first-order valence-corrected chi connectivity index (χ1v) is 11.0. The molecule has 34 heavy (non-hydrogen) atoms. The lowest BCUT2D eigenvalue weighted by atomic mass is 10.2. The molecule has 1 saturated heterocycles. The maximum absolute atomic E-state index is 12.1. The molecule has 1 fully saturated rings. The molecular formula is C20H20IN5O8. The standard InChI is InChI=1S/C20H20IN5O8/c1-32-18-9-13(11-22-23-19(27)12-24-4-6-33-7-5-24)8-15(21)20(18)34-17-3-2-14(25(28)29)10-16(17)26(30)31/h2-3,8-11H,4-7,12H2,1H3,(H,23,27)/b22-11-. The van der Waals surface area contributed by atoms with Crippen molar-refractivity contribution in [2.45, 2.75) is 0 Å². The Hall–Kier alpha value is -3.37. The number of hydrogen-bond acceptors (Lipinski definition) is 10. The monoisotopic (exact) mass is 585 g/mol. The van der Waals surface area contributed by atoms with Crippen LogP contribution in [0.1, 0.15) is 5.56 Å². The van der Waals surface area contributed by atoms with Crippen LogP contribution in [-0.4, -0.2) is 66.8 Å². The van der Waals surface area contributed by atoms with E-state index in [1.54, 1.807) is 12.1 Å². The third-order valence-electron chi connectivity index (χ3n) is 4.69. The second-order valence-electron chi connectivity index (χ2n) is 6.98. The summed E-state index contributed by atoms with van der Waals surface area (Å²) in [7, 11) is 1.40. The number of rotatable bonds is 9. The molecule has 1 heterocycles. The van der Waals surface area contributed by atoms with Gasteiger partial charge < -0.3 is 14.2 Å². The fraction of sp³-hybridized carbons (Fsp3) is 0.300. The van der Waals surface area contributed by atoms with Crippen LogP contribution in [0.2, 0.25) is 0 Å². The topological polar surface area (TPSA) is 159 Å². The van der Waals surface area contributed by atoms with E-state index in [0.29, 0.717) is 35.4 Å². The number of carbonyl (C=O) groups is 1. The molecule has 1 aliphatic rings. The highest BCUT2D eigenvalue weighted by Gasteiger charge is 2.23. The molecule has 0 spiro atoms. The SMILES string of the molecule is COc1cc(/C=N\NC(=O)CN2CCOCC2)cc(I)c1Oc1ccc([N+](=O)[O-])cc1[N+](=O)[O-]. The van der Waals surface area contributed by atoms with Gasteiger partial charge in [0.1, 0.15) is 0 Å². The molecule has 1 amide bonds. The molecule has 13 nitrogen and oxygen atoms in total. The van der Waals surface area contributed by atoms with Crippen LogP contribution < -0.4 is 14.9 Å². The van der Waals surface area contributed by atoms with Crippen molar-refractivity contribution in [3.05, 3.63) is 59.7 Å². The maximum atomic E-state index is 12.1.